The van der Waals surface area contributed by atoms with Crippen LogP contribution in [-0.2, 0) is 0 Å². The Kier molecular flexibility index (Phi) is 14.5. The quantitative estimate of drug-likeness (QED) is 0.0234. The van der Waals surface area contributed by atoms with Gasteiger partial charge >= 0.3 is 0 Å². The van der Waals surface area contributed by atoms with Gasteiger partial charge in [-0.25, -0.2) is 0 Å². The molecule has 0 spiro atoms. The molecule has 0 saturated carbocycles. The van der Waals surface area contributed by atoms with Crippen LogP contribution in [-0.4, -0.2) is 45.5 Å². The van der Waals surface area contributed by atoms with Crippen molar-refractivity contribution in [2.45, 2.75) is 194 Å². The van der Waals surface area contributed by atoms with Gasteiger partial charge in [0.05, 0.1) is 0 Å². The van der Waals surface area contributed by atoms with E-state index >= 15 is 0 Å². The lowest BCUT2D eigenvalue weighted by molar-refractivity contribution is 0.0501. The van der Waals surface area contributed by atoms with E-state index in [-0.39, 0.29) is 35.7 Å². The third kappa shape index (κ3) is 8.47. The average molecular weight is 1180 g/mol. The normalized spacial score (nSPS) is 14.2. The number of imide groups is 2. The van der Waals surface area contributed by atoms with Crippen LogP contribution in [0, 0.1) is 0 Å². The number of hydrogen-bond acceptors (Lipinski definition) is 4. The molecule has 4 amide bonds. The van der Waals surface area contributed by atoms with Crippen LogP contribution in [0.25, 0.3) is 140 Å². The summed E-state index contributed by atoms with van der Waals surface area (Å²) in [5, 5.41) is 29.9. The monoisotopic (exact) mass is 1180 g/mol. The van der Waals surface area contributed by atoms with Crippen molar-refractivity contribution < 1.29 is 19.2 Å². The third-order valence-corrected chi connectivity index (χ3v) is 22.2. The molecule has 16 rings (SSSR count). The van der Waals surface area contributed by atoms with Crippen molar-refractivity contribution in [3.63, 3.8) is 0 Å². The molecule has 6 nitrogen and oxygen atoms in total. The first-order chi connectivity index (χ1) is 44.3. The molecule has 90 heavy (non-hydrogen) atoms. The van der Waals surface area contributed by atoms with Gasteiger partial charge in [-0.15, -0.1) is 0 Å². The molecule has 0 fully saturated rings. The van der Waals surface area contributed by atoms with E-state index in [1.165, 1.54) is 152 Å². The zero-order valence-electron chi connectivity index (χ0n) is 53.2. The average Bonchev–Trinajstić information content (AvgIpc) is 0.696. The van der Waals surface area contributed by atoms with Crippen molar-refractivity contribution in [1.29, 1.82) is 0 Å². The fourth-order valence-electron chi connectivity index (χ4n) is 17.9. The molecule has 0 aliphatic carbocycles. The Balaban J connectivity index is 0.803. The summed E-state index contributed by atoms with van der Waals surface area (Å²) in [7, 11) is 0. The Morgan fingerprint density at radius 1 is 0.211 bits per heavy atom. The largest absolute Gasteiger partial charge is 0.271 e. The van der Waals surface area contributed by atoms with E-state index in [0.717, 1.165) is 142 Å². The van der Waals surface area contributed by atoms with Crippen LogP contribution in [0.3, 0.4) is 0 Å². The smallest absolute Gasteiger partial charge is 0.261 e. The van der Waals surface area contributed by atoms with Crippen LogP contribution >= 0.6 is 0 Å². The maximum Gasteiger partial charge on any atom is 0.261 e. The standard InChI is InChI=1S/C84H82N2O4/c1-5-9-13-17-21-25-49(26-22-18-14-10-6-2)85-81(87)67-45-41-63-59-37-33-55-51-29-31-53-57-35-39-61-65-43-47-69-80-70(84(90)86(83(69)89)50(27-23-19-15-11-7-3)28-24-20-16-12-8-4)48-44-66(78(65)80)62-40-36-58(74(57)76(61)62)54-32-30-52(71(51)72(53)54)56-34-38-60(75(59)73(55)56)64-42-46-68(82(85)88)79(67)77(63)64/h29-50H,5-28H2,1-4H3. The summed E-state index contributed by atoms with van der Waals surface area (Å²) in [6, 6.07) is 44.6. The summed E-state index contributed by atoms with van der Waals surface area (Å²) in [4.78, 5) is 63.3. The van der Waals surface area contributed by atoms with Crippen molar-refractivity contribution in [3.05, 3.63) is 144 Å². The van der Waals surface area contributed by atoms with E-state index in [9.17, 15) is 19.2 Å². The van der Waals surface area contributed by atoms with Gasteiger partial charge in [0.15, 0.2) is 0 Å². The molecular weight excluding hydrogens is 1100 g/mol. The zero-order chi connectivity index (χ0) is 61.1. The highest BCUT2D eigenvalue weighted by Gasteiger charge is 2.40. The Morgan fingerprint density at radius 3 is 0.544 bits per heavy atom. The molecular formula is C84H82N2O4. The van der Waals surface area contributed by atoms with Crippen LogP contribution < -0.4 is 0 Å². The van der Waals surface area contributed by atoms with Gasteiger partial charge in [-0.1, -0.05) is 253 Å². The van der Waals surface area contributed by atoms with E-state index < -0.39 is 0 Å². The Morgan fingerprint density at radius 2 is 0.367 bits per heavy atom. The number of amides is 4. The number of benzene rings is 14. The fourth-order valence-corrected chi connectivity index (χ4v) is 17.9. The molecule has 0 radical (unpaired) electrons. The van der Waals surface area contributed by atoms with Crippen LogP contribution in [0.15, 0.2) is 121 Å². The lowest BCUT2D eigenvalue weighted by atomic mass is 9.79. The number of nitrogens with zero attached hydrogens (tertiary/aromatic N) is 2. The summed E-state index contributed by atoms with van der Waals surface area (Å²) >= 11 is 0. The molecule has 0 unspecified atom stereocenters. The van der Waals surface area contributed by atoms with Gasteiger partial charge in [0, 0.05) is 45.1 Å². The van der Waals surface area contributed by atoms with Crippen molar-refractivity contribution in [3.8, 4) is 0 Å². The molecule has 0 aromatic heterocycles. The summed E-state index contributed by atoms with van der Waals surface area (Å²) < 4.78 is 0. The molecule has 0 atom stereocenters. The molecule has 452 valence electrons. The van der Waals surface area contributed by atoms with Gasteiger partial charge < -0.3 is 0 Å². The first-order valence-corrected chi connectivity index (χ1v) is 35.0. The molecule has 0 N–H and O–H groups in total. The van der Waals surface area contributed by atoms with Crippen LogP contribution in [0.4, 0.5) is 0 Å². The van der Waals surface area contributed by atoms with E-state index in [0.29, 0.717) is 22.3 Å². The lowest BCUT2D eigenvalue weighted by Gasteiger charge is -2.35. The molecule has 2 aliphatic rings. The van der Waals surface area contributed by atoms with Crippen molar-refractivity contribution in [2.24, 2.45) is 0 Å². The second kappa shape index (κ2) is 22.9. The van der Waals surface area contributed by atoms with Gasteiger partial charge in [0.25, 0.3) is 23.6 Å². The van der Waals surface area contributed by atoms with E-state index in [1.807, 2.05) is 24.3 Å². The van der Waals surface area contributed by atoms with Crippen LogP contribution in [0.5, 0.6) is 0 Å². The molecule has 2 heterocycles. The fraction of sp³-hybridized carbons (Fsp3) is 0.357. The molecule has 6 heteroatoms. The number of fused-ring (bicyclic) bond motifs is 8. The summed E-state index contributed by atoms with van der Waals surface area (Å²) in [6.07, 6.45) is 26.5. The molecule has 2 aliphatic heterocycles. The van der Waals surface area contributed by atoms with Gasteiger partial charge in [0.1, 0.15) is 0 Å². The molecule has 14 aromatic carbocycles. The molecule has 14 aromatic rings. The van der Waals surface area contributed by atoms with Gasteiger partial charge in [0.2, 0.25) is 0 Å². The minimum absolute atomic E-state index is 0.104. The van der Waals surface area contributed by atoms with Crippen LogP contribution in [0.1, 0.15) is 223 Å². The van der Waals surface area contributed by atoms with Gasteiger partial charge in [-0.05, 0) is 179 Å². The number of carbonyl (C=O) groups excluding carboxylic acids is 4. The van der Waals surface area contributed by atoms with Crippen LogP contribution in [0.2, 0.25) is 0 Å². The third-order valence-electron chi connectivity index (χ3n) is 22.2. The predicted molar refractivity (Wildman–Crippen MR) is 381 cm³/mol. The number of hydrogen-bond donors (Lipinski definition) is 0. The van der Waals surface area contributed by atoms with Crippen molar-refractivity contribution in [2.75, 3.05) is 0 Å². The summed E-state index contributed by atoms with van der Waals surface area (Å²) in [6.45, 7) is 8.97. The second-order valence-electron chi connectivity index (χ2n) is 27.4. The topological polar surface area (TPSA) is 74.8 Å². The first-order valence-electron chi connectivity index (χ1n) is 35.0. The predicted octanol–water partition coefficient (Wildman–Crippen LogP) is 23.8. The van der Waals surface area contributed by atoms with Crippen molar-refractivity contribution >= 4 is 164 Å². The van der Waals surface area contributed by atoms with Gasteiger partial charge in [-0.3, -0.25) is 29.0 Å². The second-order valence-corrected chi connectivity index (χ2v) is 27.4. The van der Waals surface area contributed by atoms with E-state index in [1.54, 1.807) is 9.80 Å². The number of rotatable bonds is 26. The molecule has 0 bridgehead atoms. The highest BCUT2D eigenvalue weighted by atomic mass is 16.2. The SMILES string of the molecule is CCCCCCCC(CCCCCCC)N1C(=O)c2ccc3c4ccc5c6ccc7c8ccc9c%10ccc%11c%12c(ccc(c%13ccc(c%14ccc(c%15ccc(c%16ccc(c2c3%16)C1=O)c4c5%15)c6c7%14)c8c9%13)c%12%10)C(=O)N(C(CCCCCCC)CCCCCCC)C%11=O. The lowest BCUT2D eigenvalue weighted by Crippen LogP contribution is -2.47. The number of carbonyl (C=O) groups is 4. The molecule has 0 saturated heterocycles. The minimum Gasteiger partial charge on any atom is -0.271 e. The summed E-state index contributed by atoms with van der Waals surface area (Å²) in [5.41, 5.74) is 2.61. The number of unbranched alkanes of at least 4 members (excludes halogenated alkanes) is 16. The Hall–Kier alpha value is -8.22. The first kappa shape index (κ1) is 57.0. The Bertz CT molecular complexity index is 4580. The summed E-state index contributed by atoms with van der Waals surface area (Å²) in [5.74, 6) is -0.541. The Labute approximate surface area is 527 Å². The van der Waals surface area contributed by atoms with E-state index in [2.05, 4.69) is 125 Å². The minimum atomic E-state index is -0.135. The highest BCUT2D eigenvalue weighted by Crippen LogP contribution is 2.54. The van der Waals surface area contributed by atoms with Crippen molar-refractivity contribution in [1.82, 2.24) is 9.80 Å². The zero-order valence-corrected chi connectivity index (χ0v) is 53.2. The van der Waals surface area contributed by atoms with Gasteiger partial charge in [-0.2, -0.15) is 0 Å². The maximum absolute atomic E-state index is 15.0. The van der Waals surface area contributed by atoms with E-state index in [4.69, 9.17) is 0 Å². The highest BCUT2D eigenvalue weighted by molar-refractivity contribution is 6.49. The maximum atomic E-state index is 15.0.